The van der Waals surface area contributed by atoms with Gasteiger partial charge in [-0.25, -0.2) is 0 Å². The Morgan fingerprint density at radius 1 is 1.29 bits per heavy atom. The van der Waals surface area contributed by atoms with Crippen LogP contribution in [0.3, 0.4) is 0 Å². The lowest BCUT2D eigenvalue weighted by molar-refractivity contribution is 0.875. The van der Waals surface area contributed by atoms with Crippen molar-refractivity contribution in [3.05, 3.63) is 17.9 Å². The molecular weight excluding hydrogens is 84.1 g/mol. The highest BCUT2D eigenvalue weighted by atomic mass is 14.5. The molecule has 0 radical (unpaired) electrons. The molecule has 0 aromatic heterocycles. The van der Waals surface area contributed by atoms with E-state index in [2.05, 4.69) is 24.8 Å². The Labute approximate surface area is 43.5 Å². The van der Waals surface area contributed by atoms with Crippen molar-refractivity contribution in [1.29, 1.82) is 0 Å². The molecule has 0 aliphatic heterocycles. The van der Waals surface area contributed by atoms with E-state index in [1.54, 1.807) is 0 Å². The van der Waals surface area contributed by atoms with Crippen LogP contribution in [-0.2, 0) is 0 Å². The number of hydrogen-bond donors (Lipinski definition) is 0. The highest BCUT2D eigenvalue weighted by Crippen LogP contribution is 2.49. The van der Waals surface area contributed by atoms with E-state index in [0.717, 1.165) is 17.8 Å². The Morgan fingerprint density at radius 2 is 1.86 bits per heavy atom. The van der Waals surface area contributed by atoms with E-state index in [-0.39, 0.29) is 0 Å². The molecule has 0 aromatic carbocycles. The highest BCUT2D eigenvalue weighted by molar-refractivity contribution is 5.20. The molecule has 0 saturated heterocycles. The third-order valence-corrected chi connectivity index (χ3v) is 2.10. The van der Waals surface area contributed by atoms with Gasteiger partial charge in [0.05, 0.1) is 0 Å². The van der Waals surface area contributed by atoms with Gasteiger partial charge in [0.25, 0.3) is 0 Å². The normalized spacial score (nSPS) is 52.4. The summed E-state index contributed by atoms with van der Waals surface area (Å²) < 4.78 is 0. The Balaban J connectivity index is 2.28. The monoisotopic (exact) mass is 92.1 g/mol. The summed E-state index contributed by atoms with van der Waals surface area (Å²) >= 11 is 0. The van der Waals surface area contributed by atoms with Crippen LogP contribution in [0.1, 0.15) is 6.92 Å². The van der Waals surface area contributed by atoms with E-state index in [9.17, 15) is 0 Å². The predicted molar refractivity (Wildman–Crippen MR) is 28.8 cm³/mol. The van der Waals surface area contributed by atoms with Gasteiger partial charge < -0.3 is 0 Å². The van der Waals surface area contributed by atoms with E-state index in [1.807, 2.05) is 0 Å². The molecule has 0 bridgehead atoms. The summed E-state index contributed by atoms with van der Waals surface area (Å²) in [5.74, 6) is 2.72. The van der Waals surface area contributed by atoms with Crippen LogP contribution in [0.25, 0.3) is 0 Å². The molecule has 2 unspecified atom stereocenters. The molecule has 36 valence electrons. The summed E-state index contributed by atoms with van der Waals surface area (Å²) in [4.78, 5) is 0. The molecule has 2 aliphatic carbocycles. The van der Waals surface area contributed by atoms with Gasteiger partial charge in [0.1, 0.15) is 0 Å². The summed E-state index contributed by atoms with van der Waals surface area (Å²) in [7, 11) is 0. The Bertz CT molecular complexity index is 135. The second-order valence-electron chi connectivity index (χ2n) is 2.51. The summed E-state index contributed by atoms with van der Waals surface area (Å²) in [5.41, 5.74) is 3.10. The van der Waals surface area contributed by atoms with Crippen LogP contribution in [0.15, 0.2) is 17.9 Å². The lowest BCUT2D eigenvalue weighted by Gasteiger charge is -1.74. The topological polar surface area (TPSA) is 0 Å². The quantitative estimate of drug-likeness (QED) is 0.398. The van der Waals surface area contributed by atoms with Gasteiger partial charge in [-0.1, -0.05) is 6.92 Å². The minimum absolute atomic E-state index is 0.889. The van der Waals surface area contributed by atoms with Gasteiger partial charge in [0.2, 0.25) is 0 Å². The average molecular weight is 92.1 g/mol. The van der Waals surface area contributed by atoms with Crippen LogP contribution in [-0.4, -0.2) is 0 Å². The molecule has 0 nitrogen and oxygen atoms in total. The van der Waals surface area contributed by atoms with Gasteiger partial charge in [-0.05, 0) is 29.9 Å². The SMILES string of the molecule is CC1C2C=C=CC12. The fourth-order valence-electron chi connectivity index (χ4n) is 1.33. The lowest BCUT2D eigenvalue weighted by atomic mass is 10.3. The summed E-state index contributed by atoms with van der Waals surface area (Å²) in [6.07, 6.45) is 4.38. The van der Waals surface area contributed by atoms with E-state index in [4.69, 9.17) is 0 Å². The lowest BCUT2D eigenvalue weighted by Crippen LogP contribution is -1.64. The van der Waals surface area contributed by atoms with Crippen LogP contribution in [0.2, 0.25) is 0 Å². The van der Waals surface area contributed by atoms with Crippen molar-refractivity contribution in [2.45, 2.75) is 6.92 Å². The molecule has 0 heterocycles. The molecule has 0 N–H and O–H groups in total. The first-order valence-electron chi connectivity index (χ1n) is 2.82. The second kappa shape index (κ2) is 0.850. The molecule has 0 heteroatoms. The van der Waals surface area contributed by atoms with E-state index in [0.29, 0.717) is 0 Å². The largest absolute Gasteiger partial charge is 0.129 e. The first-order valence-corrected chi connectivity index (χ1v) is 2.82. The minimum atomic E-state index is 0.889. The number of rotatable bonds is 0. The zero-order valence-electron chi connectivity index (χ0n) is 4.39. The predicted octanol–water partition coefficient (Wildman–Crippen LogP) is 1.59. The van der Waals surface area contributed by atoms with E-state index in [1.165, 1.54) is 0 Å². The molecule has 2 rings (SSSR count). The average Bonchev–Trinajstić information content (AvgIpc) is 2.26. The number of allylic oxidation sites excluding steroid dienone is 1. The molecular formula is C7H8. The zero-order valence-corrected chi connectivity index (χ0v) is 4.39. The fourth-order valence-corrected chi connectivity index (χ4v) is 1.33. The molecule has 2 atom stereocenters. The first kappa shape index (κ1) is 3.51. The van der Waals surface area contributed by atoms with E-state index < -0.39 is 0 Å². The van der Waals surface area contributed by atoms with Gasteiger partial charge >= 0.3 is 0 Å². The van der Waals surface area contributed by atoms with Gasteiger partial charge in [-0.2, -0.15) is 0 Å². The second-order valence-corrected chi connectivity index (χ2v) is 2.51. The Hall–Kier alpha value is -0.480. The molecule has 0 spiro atoms. The van der Waals surface area contributed by atoms with Crippen molar-refractivity contribution in [1.82, 2.24) is 0 Å². The first-order chi connectivity index (χ1) is 3.39. The van der Waals surface area contributed by atoms with Gasteiger partial charge in [-0.15, -0.1) is 5.73 Å². The standard InChI is InChI=1S/C7H8/c1-5-6-3-2-4-7(5)6/h3-7H,1H3. The van der Waals surface area contributed by atoms with Crippen LogP contribution >= 0.6 is 0 Å². The van der Waals surface area contributed by atoms with Gasteiger partial charge in [0.15, 0.2) is 0 Å². The third kappa shape index (κ3) is 0.284. The highest BCUT2D eigenvalue weighted by Gasteiger charge is 2.44. The maximum atomic E-state index is 3.10. The van der Waals surface area contributed by atoms with Crippen LogP contribution in [0.4, 0.5) is 0 Å². The molecule has 7 heavy (non-hydrogen) atoms. The van der Waals surface area contributed by atoms with Crippen LogP contribution < -0.4 is 0 Å². The smallest absolute Gasteiger partial charge is 0.00540 e. The molecule has 1 fully saturated rings. The van der Waals surface area contributed by atoms with E-state index >= 15 is 0 Å². The maximum Gasteiger partial charge on any atom is -0.00540 e. The molecule has 2 aliphatic rings. The minimum Gasteiger partial charge on any atom is -0.129 e. The molecule has 1 saturated carbocycles. The van der Waals surface area contributed by atoms with Crippen LogP contribution in [0, 0.1) is 17.8 Å². The maximum absolute atomic E-state index is 3.10. The summed E-state index contributed by atoms with van der Waals surface area (Å²) in [5, 5.41) is 0. The van der Waals surface area contributed by atoms with Gasteiger partial charge in [0, 0.05) is 0 Å². The van der Waals surface area contributed by atoms with Crippen molar-refractivity contribution in [3.8, 4) is 0 Å². The molecule has 0 aromatic rings. The van der Waals surface area contributed by atoms with Crippen LogP contribution in [0.5, 0.6) is 0 Å². The van der Waals surface area contributed by atoms with Crippen molar-refractivity contribution in [2.75, 3.05) is 0 Å². The number of hydrogen-bond acceptors (Lipinski definition) is 0. The number of fused-ring (bicyclic) bond motifs is 1. The Morgan fingerprint density at radius 3 is 2.14 bits per heavy atom. The Kier molecular flexibility index (Phi) is 0.426. The zero-order chi connectivity index (χ0) is 4.85. The summed E-state index contributed by atoms with van der Waals surface area (Å²) in [6.45, 7) is 2.29. The van der Waals surface area contributed by atoms with Crippen molar-refractivity contribution in [3.63, 3.8) is 0 Å². The summed E-state index contributed by atoms with van der Waals surface area (Å²) in [6, 6.07) is 0. The van der Waals surface area contributed by atoms with Crippen molar-refractivity contribution in [2.24, 2.45) is 17.8 Å². The molecule has 0 amide bonds. The van der Waals surface area contributed by atoms with Crippen molar-refractivity contribution < 1.29 is 0 Å². The van der Waals surface area contributed by atoms with Gasteiger partial charge in [-0.3, -0.25) is 0 Å². The fraction of sp³-hybridized carbons (Fsp3) is 0.571. The third-order valence-electron chi connectivity index (χ3n) is 2.10. The van der Waals surface area contributed by atoms with Crippen molar-refractivity contribution >= 4 is 0 Å².